The van der Waals surface area contributed by atoms with Crippen molar-refractivity contribution in [3.8, 4) is 0 Å². The minimum Gasteiger partial charge on any atom is -0.375 e. The zero-order valence-electron chi connectivity index (χ0n) is 12.5. The summed E-state index contributed by atoms with van der Waals surface area (Å²) in [4.78, 5) is 18.3. The van der Waals surface area contributed by atoms with E-state index in [4.69, 9.17) is 4.74 Å². The summed E-state index contributed by atoms with van der Waals surface area (Å²) in [6.07, 6.45) is 5.31. The van der Waals surface area contributed by atoms with E-state index in [1.165, 1.54) is 5.56 Å². The summed E-state index contributed by atoms with van der Waals surface area (Å²) in [6.45, 7) is 1.90. The average Bonchev–Trinajstić information content (AvgIpc) is 2.61. The molecule has 22 heavy (non-hydrogen) atoms. The first kappa shape index (κ1) is 14.7. The molecule has 0 aliphatic carbocycles. The number of morpholine rings is 1. The number of carbonyl (C=O) groups is 1. The lowest BCUT2D eigenvalue weighted by Gasteiger charge is -2.33. The zero-order valence-corrected chi connectivity index (χ0v) is 12.5. The van der Waals surface area contributed by atoms with Gasteiger partial charge in [-0.25, -0.2) is 0 Å². The van der Waals surface area contributed by atoms with Crippen LogP contribution in [0.3, 0.4) is 0 Å². The summed E-state index contributed by atoms with van der Waals surface area (Å²) < 4.78 is 5.81. The maximum Gasteiger partial charge on any atom is 0.255 e. The van der Waals surface area contributed by atoms with Gasteiger partial charge in [0.25, 0.3) is 5.91 Å². The molecule has 1 aliphatic rings. The molecule has 2 heterocycles. The van der Waals surface area contributed by atoms with Crippen LogP contribution in [0.1, 0.15) is 22.3 Å². The van der Waals surface area contributed by atoms with Crippen LogP contribution in [0.5, 0.6) is 0 Å². The lowest BCUT2D eigenvalue weighted by Crippen LogP contribution is -2.45. The third kappa shape index (κ3) is 3.71. The number of ether oxygens (including phenoxy) is 1. The van der Waals surface area contributed by atoms with Crippen LogP contribution in [0.25, 0.3) is 0 Å². The quantitative estimate of drug-likeness (QED) is 0.871. The van der Waals surface area contributed by atoms with Gasteiger partial charge in [-0.2, -0.15) is 0 Å². The van der Waals surface area contributed by atoms with Crippen LogP contribution in [0.2, 0.25) is 0 Å². The minimum absolute atomic E-state index is 0.0427. The van der Waals surface area contributed by atoms with E-state index in [2.05, 4.69) is 29.2 Å². The van der Waals surface area contributed by atoms with Gasteiger partial charge in [-0.1, -0.05) is 30.3 Å². The maximum atomic E-state index is 12.4. The monoisotopic (exact) mass is 296 g/mol. The van der Waals surface area contributed by atoms with Gasteiger partial charge in [0.1, 0.15) is 0 Å². The Bertz CT molecular complexity index is 601. The molecule has 1 atom stereocenters. The lowest BCUT2D eigenvalue weighted by molar-refractivity contribution is -0.0246. The van der Waals surface area contributed by atoms with Gasteiger partial charge in [-0.3, -0.25) is 9.78 Å². The van der Waals surface area contributed by atoms with Gasteiger partial charge >= 0.3 is 0 Å². The molecule has 1 fully saturated rings. The van der Waals surface area contributed by atoms with E-state index in [1.807, 2.05) is 17.0 Å². The Morgan fingerprint density at radius 2 is 2.09 bits per heavy atom. The molecule has 3 rings (SSSR count). The van der Waals surface area contributed by atoms with Gasteiger partial charge in [-0.05, 0) is 30.5 Å². The summed E-state index contributed by atoms with van der Waals surface area (Å²) in [5.41, 5.74) is 1.95. The Morgan fingerprint density at radius 1 is 1.23 bits per heavy atom. The first-order valence-corrected chi connectivity index (χ1v) is 7.68. The first-order chi connectivity index (χ1) is 10.8. The summed E-state index contributed by atoms with van der Waals surface area (Å²) in [5.74, 6) is 0.0427. The molecule has 1 aliphatic heterocycles. The van der Waals surface area contributed by atoms with Crippen LogP contribution in [0.15, 0.2) is 54.9 Å². The van der Waals surface area contributed by atoms with Crippen molar-refractivity contribution in [3.63, 3.8) is 0 Å². The standard InChI is InChI=1S/C18H20N2O2/c21-18(16-7-4-10-19-13-16)20-11-12-22-17(14-20)9-8-15-5-2-1-3-6-15/h1-7,10,13,17H,8-9,11-12,14H2/t17-/m0/s1. The van der Waals surface area contributed by atoms with Gasteiger partial charge in [0.15, 0.2) is 0 Å². The molecular weight excluding hydrogens is 276 g/mol. The Balaban J connectivity index is 1.56. The van der Waals surface area contributed by atoms with Crippen LogP contribution in [-0.2, 0) is 11.2 Å². The Hall–Kier alpha value is -2.20. The van der Waals surface area contributed by atoms with Gasteiger partial charge < -0.3 is 9.64 Å². The maximum absolute atomic E-state index is 12.4. The molecule has 0 saturated carbocycles. The zero-order chi connectivity index (χ0) is 15.2. The van der Waals surface area contributed by atoms with Crippen molar-refractivity contribution < 1.29 is 9.53 Å². The fraction of sp³-hybridized carbons (Fsp3) is 0.333. The number of aryl methyl sites for hydroxylation is 1. The van der Waals surface area contributed by atoms with Crippen molar-refractivity contribution in [2.24, 2.45) is 0 Å². The summed E-state index contributed by atoms with van der Waals surface area (Å²) in [7, 11) is 0. The first-order valence-electron chi connectivity index (χ1n) is 7.68. The SMILES string of the molecule is O=C(c1cccnc1)N1CCO[C@@H](CCc2ccccc2)C1. The number of carbonyl (C=O) groups excluding carboxylic acids is 1. The molecule has 114 valence electrons. The van der Waals surface area contributed by atoms with Crippen molar-refractivity contribution in [1.82, 2.24) is 9.88 Å². The van der Waals surface area contributed by atoms with Crippen LogP contribution in [0.4, 0.5) is 0 Å². The fourth-order valence-corrected chi connectivity index (χ4v) is 2.72. The molecule has 2 aromatic rings. The van der Waals surface area contributed by atoms with Crippen molar-refractivity contribution in [2.45, 2.75) is 18.9 Å². The van der Waals surface area contributed by atoms with Crippen molar-refractivity contribution >= 4 is 5.91 Å². The Labute approximate surface area is 130 Å². The second kappa shape index (κ2) is 7.18. The summed E-state index contributed by atoms with van der Waals surface area (Å²) >= 11 is 0. The van der Waals surface area contributed by atoms with E-state index >= 15 is 0 Å². The van der Waals surface area contributed by atoms with E-state index in [0.29, 0.717) is 25.3 Å². The van der Waals surface area contributed by atoms with Crippen molar-refractivity contribution in [2.75, 3.05) is 19.7 Å². The van der Waals surface area contributed by atoms with Crippen LogP contribution in [0, 0.1) is 0 Å². The predicted octanol–water partition coefficient (Wildman–Crippen LogP) is 2.56. The molecule has 1 saturated heterocycles. The molecule has 0 bridgehead atoms. The topological polar surface area (TPSA) is 42.4 Å². The van der Waals surface area contributed by atoms with Gasteiger partial charge in [0.05, 0.1) is 18.3 Å². The Kier molecular flexibility index (Phi) is 4.81. The van der Waals surface area contributed by atoms with Crippen LogP contribution >= 0.6 is 0 Å². The molecule has 0 radical (unpaired) electrons. The van der Waals surface area contributed by atoms with Gasteiger partial charge in [0, 0.05) is 25.5 Å². The molecular formula is C18H20N2O2. The number of nitrogens with zero attached hydrogens (tertiary/aromatic N) is 2. The molecule has 4 nitrogen and oxygen atoms in total. The third-order valence-corrected chi connectivity index (χ3v) is 3.93. The molecule has 1 aromatic carbocycles. The largest absolute Gasteiger partial charge is 0.375 e. The van der Waals surface area contributed by atoms with Crippen LogP contribution < -0.4 is 0 Å². The number of hydrogen-bond donors (Lipinski definition) is 0. The van der Waals surface area contributed by atoms with Crippen LogP contribution in [-0.4, -0.2) is 41.6 Å². The van der Waals surface area contributed by atoms with Gasteiger partial charge in [0.2, 0.25) is 0 Å². The molecule has 1 amide bonds. The normalized spacial score (nSPS) is 18.2. The molecule has 0 N–H and O–H groups in total. The van der Waals surface area contributed by atoms with Crippen molar-refractivity contribution in [3.05, 3.63) is 66.0 Å². The molecule has 0 unspecified atom stereocenters. The van der Waals surface area contributed by atoms with E-state index in [1.54, 1.807) is 18.5 Å². The number of benzene rings is 1. The molecule has 0 spiro atoms. The smallest absolute Gasteiger partial charge is 0.255 e. The fourth-order valence-electron chi connectivity index (χ4n) is 2.72. The van der Waals surface area contributed by atoms with E-state index in [9.17, 15) is 4.79 Å². The summed E-state index contributed by atoms with van der Waals surface area (Å²) in [6, 6.07) is 14.0. The third-order valence-electron chi connectivity index (χ3n) is 3.93. The molecule has 4 heteroatoms. The lowest BCUT2D eigenvalue weighted by atomic mass is 10.1. The number of aromatic nitrogens is 1. The minimum atomic E-state index is 0.0427. The molecule has 1 aromatic heterocycles. The second-order valence-corrected chi connectivity index (χ2v) is 5.51. The number of pyridine rings is 1. The highest BCUT2D eigenvalue weighted by Gasteiger charge is 2.24. The summed E-state index contributed by atoms with van der Waals surface area (Å²) in [5, 5.41) is 0. The highest BCUT2D eigenvalue weighted by atomic mass is 16.5. The van der Waals surface area contributed by atoms with E-state index in [0.717, 1.165) is 12.8 Å². The van der Waals surface area contributed by atoms with Crippen molar-refractivity contribution in [1.29, 1.82) is 0 Å². The highest BCUT2D eigenvalue weighted by Crippen LogP contribution is 2.14. The predicted molar refractivity (Wildman–Crippen MR) is 84.6 cm³/mol. The highest BCUT2D eigenvalue weighted by molar-refractivity contribution is 5.93. The van der Waals surface area contributed by atoms with E-state index < -0.39 is 0 Å². The number of hydrogen-bond acceptors (Lipinski definition) is 3. The second-order valence-electron chi connectivity index (χ2n) is 5.51. The number of amides is 1. The van der Waals surface area contributed by atoms with Gasteiger partial charge in [-0.15, -0.1) is 0 Å². The average molecular weight is 296 g/mol. The number of rotatable bonds is 4. The Morgan fingerprint density at radius 3 is 2.86 bits per heavy atom. The van der Waals surface area contributed by atoms with E-state index in [-0.39, 0.29) is 12.0 Å².